The topological polar surface area (TPSA) is 115 Å². The maximum Gasteiger partial charge on any atom is 0.254 e. The van der Waals surface area contributed by atoms with E-state index in [1.807, 2.05) is 42.5 Å². The minimum atomic E-state index is -3.32. The second-order valence-corrected chi connectivity index (χ2v) is 9.70. The lowest BCUT2D eigenvalue weighted by atomic mass is 10.0. The van der Waals surface area contributed by atoms with Crippen molar-refractivity contribution in [3.05, 3.63) is 71.9 Å². The van der Waals surface area contributed by atoms with Crippen molar-refractivity contribution in [1.82, 2.24) is 15.0 Å². The van der Waals surface area contributed by atoms with Crippen molar-refractivity contribution in [3.63, 3.8) is 0 Å². The Kier molecular flexibility index (Phi) is 6.04. The lowest BCUT2D eigenvalue weighted by Crippen LogP contribution is -2.31. The number of likely N-dealkylation sites (tertiary alicyclic amines) is 1. The van der Waals surface area contributed by atoms with Gasteiger partial charge >= 0.3 is 0 Å². The summed E-state index contributed by atoms with van der Waals surface area (Å²) < 4.78 is 28.4. The summed E-state index contributed by atoms with van der Waals surface area (Å²) in [6.07, 6.45) is 1.44. The summed E-state index contributed by atoms with van der Waals surface area (Å²) >= 11 is 0. The number of amides is 1. The average Bonchev–Trinajstić information content (AvgIpc) is 3.40. The van der Waals surface area contributed by atoms with Gasteiger partial charge in [0, 0.05) is 18.2 Å². The summed E-state index contributed by atoms with van der Waals surface area (Å²) in [4.78, 5) is 24.0. The molecule has 2 heterocycles. The van der Waals surface area contributed by atoms with Gasteiger partial charge in [0.25, 0.3) is 5.91 Å². The van der Waals surface area contributed by atoms with E-state index in [9.17, 15) is 13.2 Å². The van der Waals surface area contributed by atoms with E-state index in [1.54, 1.807) is 17.0 Å². The van der Waals surface area contributed by atoms with Crippen LogP contribution in [0.2, 0.25) is 0 Å². The number of aromatic nitrogens is 2. The SMILES string of the molecule is CON=C1CC(c2nc(CS(C)(=O)=O)no2)N(C(=O)c2ccc(-c3ccccc3)cc2)C1. The van der Waals surface area contributed by atoms with Crippen LogP contribution in [-0.4, -0.2) is 55.0 Å². The first kappa shape index (κ1) is 21.7. The third-order valence-corrected chi connectivity index (χ3v) is 5.82. The van der Waals surface area contributed by atoms with Crippen molar-refractivity contribution in [2.75, 3.05) is 19.9 Å². The van der Waals surface area contributed by atoms with Crippen LogP contribution >= 0.6 is 0 Å². The Hall–Kier alpha value is -3.53. The molecular formula is C22H22N4O5S. The molecule has 1 aliphatic rings. The van der Waals surface area contributed by atoms with Crippen molar-refractivity contribution in [3.8, 4) is 11.1 Å². The van der Waals surface area contributed by atoms with Gasteiger partial charge in [0.2, 0.25) is 5.89 Å². The van der Waals surface area contributed by atoms with Crippen LogP contribution in [0.4, 0.5) is 0 Å². The maximum absolute atomic E-state index is 13.3. The third kappa shape index (κ3) is 4.86. The van der Waals surface area contributed by atoms with Crippen molar-refractivity contribution in [2.24, 2.45) is 5.16 Å². The summed E-state index contributed by atoms with van der Waals surface area (Å²) in [6, 6.07) is 16.7. The van der Waals surface area contributed by atoms with Gasteiger partial charge in [0.05, 0.1) is 12.3 Å². The Morgan fingerprint density at radius 1 is 1.16 bits per heavy atom. The monoisotopic (exact) mass is 454 g/mol. The Morgan fingerprint density at radius 2 is 1.84 bits per heavy atom. The molecule has 1 atom stereocenters. The molecule has 1 amide bonds. The van der Waals surface area contributed by atoms with Gasteiger partial charge in [0.1, 0.15) is 18.9 Å². The van der Waals surface area contributed by atoms with E-state index in [1.165, 1.54) is 7.11 Å². The quantitative estimate of drug-likeness (QED) is 0.526. The molecular weight excluding hydrogens is 432 g/mol. The van der Waals surface area contributed by atoms with Crippen LogP contribution in [-0.2, 0) is 20.4 Å². The second kappa shape index (κ2) is 8.91. The molecule has 9 nitrogen and oxygen atoms in total. The normalized spacial score (nSPS) is 17.6. The molecule has 10 heteroatoms. The third-order valence-electron chi connectivity index (χ3n) is 5.04. The lowest BCUT2D eigenvalue weighted by molar-refractivity contribution is 0.0713. The van der Waals surface area contributed by atoms with Gasteiger partial charge in [-0.2, -0.15) is 4.98 Å². The molecule has 4 rings (SSSR count). The number of benzene rings is 2. The fourth-order valence-electron chi connectivity index (χ4n) is 3.63. The Morgan fingerprint density at radius 3 is 2.50 bits per heavy atom. The molecule has 0 N–H and O–H groups in total. The molecule has 0 radical (unpaired) electrons. The minimum absolute atomic E-state index is 0.0549. The van der Waals surface area contributed by atoms with Gasteiger partial charge in [-0.25, -0.2) is 8.42 Å². The number of rotatable bonds is 6. The molecule has 0 spiro atoms. The molecule has 1 aliphatic heterocycles. The molecule has 3 aromatic rings. The highest BCUT2D eigenvalue weighted by molar-refractivity contribution is 7.89. The van der Waals surface area contributed by atoms with Crippen LogP contribution in [0.1, 0.15) is 34.5 Å². The van der Waals surface area contributed by atoms with Gasteiger partial charge in [-0.05, 0) is 23.3 Å². The van der Waals surface area contributed by atoms with E-state index < -0.39 is 15.9 Å². The maximum atomic E-state index is 13.3. The molecule has 1 unspecified atom stereocenters. The predicted octanol–water partition coefficient (Wildman–Crippen LogP) is 2.87. The predicted molar refractivity (Wildman–Crippen MR) is 118 cm³/mol. The highest BCUT2D eigenvalue weighted by Gasteiger charge is 2.38. The lowest BCUT2D eigenvalue weighted by Gasteiger charge is -2.21. The first-order valence-corrected chi connectivity index (χ1v) is 12.0. The summed E-state index contributed by atoms with van der Waals surface area (Å²) in [7, 11) is -1.88. The molecule has 0 saturated carbocycles. The zero-order chi connectivity index (χ0) is 22.7. The molecule has 1 aromatic heterocycles. The molecule has 1 saturated heterocycles. The zero-order valence-corrected chi connectivity index (χ0v) is 18.4. The van der Waals surface area contributed by atoms with Crippen LogP contribution in [0.15, 0.2) is 64.3 Å². The minimum Gasteiger partial charge on any atom is -0.399 e. The summed E-state index contributed by atoms with van der Waals surface area (Å²) in [5, 5.41) is 7.74. The Balaban J connectivity index is 1.59. The van der Waals surface area contributed by atoms with Crippen molar-refractivity contribution < 1.29 is 22.6 Å². The highest BCUT2D eigenvalue weighted by Crippen LogP contribution is 2.32. The van der Waals surface area contributed by atoms with Crippen molar-refractivity contribution in [1.29, 1.82) is 0 Å². The standard InChI is InChI=1S/C22H22N4O5S/c1-30-24-18-12-19(21-23-20(25-31-21)14-32(2,28)29)26(13-18)22(27)17-10-8-16(9-11-17)15-6-4-3-5-7-15/h3-11,19H,12-14H2,1-2H3. The smallest absolute Gasteiger partial charge is 0.254 e. The number of nitrogens with zero attached hydrogens (tertiary/aromatic N) is 4. The number of sulfone groups is 1. The van der Waals surface area contributed by atoms with Crippen LogP contribution in [0.25, 0.3) is 11.1 Å². The average molecular weight is 455 g/mol. The van der Waals surface area contributed by atoms with E-state index in [-0.39, 0.29) is 29.9 Å². The largest absolute Gasteiger partial charge is 0.399 e. The van der Waals surface area contributed by atoms with Crippen LogP contribution < -0.4 is 0 Å². The van der Waals surface area contributed by atoms with Gasteiger partial charge in [-0.3, -0.25) is 4.79 Å². The van der Waals surface area contributed by atoms with Crippen LogP contribution in [0, 0.1) is 0 Å². The number of carbonyl (C=O) groups excluding carboxylic acids is 1. The molecule has 1 fully saturated rings. The number of carbonyl (C=O) groups is 1. The van der Waals surface area contributed by atoms with E-state index >= 15 is 0 Å². The van der Waals surface area contributed by atoms with Gasteiger partial charge < -0.3 is 14.3 Å². The second-order valence-electron chi connectivity index (χ2n) is 7.56. The Bertz CT molecular complexity index is 1240. The van der Waals surface area contributed by atoms with Crippen molar-refractivity contribution in [2.45, 2.75) is 18.2 Å². The fraction of sp³-hybridized carbons (Fsp3) is 0.273. The summed E-state index contributed by atoms with van der Waals surface area (Å²) in [6.45, 7) is 0.238. The van der Waals surface area contributed by atoms with Crippen LogP contribution in [0.3, 0.4) is 0 Å². The fourth-order valence-corrected chi connectivity index (χ4v) is 4.22. The van der Waals surface area contributed by atoms with Gasteiger partial charge in [-0.1, -0.05) is 52.8 Å². The summed E-state index contributed by atoms with van der Waals surface area (Å²) in [5.74, 6) is -0.339. The van der Waals surface area contributed by atoms with E-state index in [0.717, 1.165) is 17.4 Å². The van der Waals surface area contributed by atoms with Crippen LogP contribution in [0.5, 0.6) is 0 Å². The van der Waals surface area contributed by atoms with Gasteiger partial charge in [0.15, 0.2) is 15.7 Å². The van der Waals surface area contributed by atoms with Crippen molar-refractivity contribution >= 4 is 21.5 Å². The first-order valence-electron chi connectivity index (χ1n) is 9.89. The summed E-state index contributed by atoms with van der Waals surface area (Å²) in [5.41, 5.74) is 3.22. The molecule has 0 aliphatic carbocycles. The number of hydrogen-bond donors (Lipinski definition) is 0. The molecule has 0 bridgehead atoms. The Labute approximate surface area is 185 Å². The molecule has 166 valence electrons. The van der Waals surface area contributed by atoms with E-state index in [2.05, 4.69) is 15.3 Å². The van der Waals surface area contributed by atoms with E-state index in [0.29, 0.717) is 17.7 Å². The highest BCUT2D eigenvalue weighted by atomic mass is 32.2. The first-order chi connectivity index (χ1) is 15.3. The zero-order valence-electron chi connectivity index (χ0n) is 17.6. The number of hydrogen-bond acceptors (Lipinski definition) is 8. The van der Waals surface area contributed by atoms with E-state index in [4.69, 9.17) is 9.36 Å². The van der Waals surface area contributed by atoms with Gasteiger partial charge in [-0.15, -0.1) is 0 Å². The number of oxime groups is 1. The molecule has 2 aromatic carbocycles. The molecule has 32 heavy (non-hydrogen) atoms.